The number of hydrogen-bond donors (Lipinski definition) is 1. The third kappa shape index (κ3) is 4.21. The molecule has 1 aromatic carbocycles. The molecular weight excluding hydrogens is 286 g/mol. The molecule has 2 rings (SSSR count). The van der Waals surface area contributed by atoms with E-state index < -0.39 is 18.2 Å². The number of ether oxygens (including phenoxy) is 2. The molecule has 1 aliphatic heterocycles. The minimum Gasteiger partial charge on any atom is -0.465 e. The molecule has 0 spiro atoms. The van der Waals surface area contributed by atoms with Crippen molar-refractivity contribution in [3.05, 3.63) is 35.9 Å². The molecule has 22 heavy (non-hydrogen) atoms. The first kappa shape index (κ1) is 16.3. The Balaban J connectivity index is 2.01. The zero-order chi connectivity index (χ0) is 15.9. The average molecular weight is 307 g/mol. The molecule has 6 nitrogen and oxygen atoms in total. The van der Waals surface area contributed by atoms with Gasteiger partial charge in [0, 0.05) is 13.1 Å². The van der Waals surface area contributed by atoms with Gasteiger partial charge in [0.25, 0.3) is 0 Å². The number of nitrogens with zero attached hydrogens (tertiary/aromatic N) is 1. The fraction of sp³-hybridized carbons (Fsp3) is 0.500. The highest BCUT2D eigenvalue weighted by molar-refractivity contribution is 5.76. The van der Waals surface area contributed by atoms with E-state index in [1.54, 1.807) is 6.92 Å². The van der Waals surface area contributed by atoms with Crippen molar-refractivity contribution < 1.29 is 24.2 Å². The topological polar surface area (TPSA) is 76.1 Å². The lowest BCUT2D eigenvalue weighted by molar-refractivity contribution is -0.163. The van der Waals surface area contributed by atoms with Crippen molar-refractivity contribution in [2.75, 3.05) is 19.7 Å². The third-order valence-electron chi connectivity index (χ3n) is 3.64. The lowest BCUT2D eigenvalue weighted by Gasteiger charge is -2.32. The van der Waals surface area contributed by atoms with Gasteiger partial charge in [-0.05, 0) is 25.3 Å². The van der Waals surface area contributed by atoms with Crippen LogP contribution in [0.4, 0.5) is 4.79 Å². The number of piperidine rings is 1. The monoisotopic (exact) mass is 307 g/mol. The van der Waals surface area contributed by atoms with Crippen molar-refractivity contribution in [3.63, 3.8) is 0 Å². The standard InChI is InChI=1S/C16H21NO5/c1-2-21-15(18)14(12-6-4-3-5-7-12)22-13-8-10-17(11-9-13)16(19)20/h3-7,13-14H,2,8-11H2,1H3,(H,19,20). The number of esters is 1. The Morgan fingerprint density at radius 2 is 1.91 bits per heavy atom. The summed E-state index contributed by atoms with van der Waals surface area (Å²) < 4.78 is 11.0. The fourth-order valence-corrected chi connectivity index (χ4v) is 2.49. The first-order chi connectivity index (χ1) is 10.6. The highest BCUT2D eigenvalue weighted by Gasteiger charge is 2.29. The maximum Gasteiger partial charge on any atom is 0.407 e. The average Bonchev–Trinajstić information content (AvgIpc) is 2.54. The van der Waals surface area contributed by atoms with Crippen molar-refractivity contribution in [1.29, 1.82) is 0 Å². The number of carbonyl (C=O) groups excluding carboxylic acids is 1. The SMILES string of the molecule is CCOC(=O)C(OC1CCN(C(=O)O)CC1)c1ccccc1. The van der Waals surface area contributed by atoms with Crippen LogP contribution in [0.5, 0.6) is 0 Å². The van der Waals surface area contributed by atoms with Crippen LogP contribution in [-0.4, -0.2) is 47.9 Å². The van der Waals surface area contributed by atoms with E-state index in [0.29, 0.717) is 32.5 Å². The third-order valence-corrected chi connectivity index (χ3v) is 3.64. The molecule has 0 saturated carbocycles. The summed E-state index contributed by atoms with van der Waals surface area (Å²) in [5, 5.41) is 8.95. The summed E-state index contributed by atoms with van der Waals surface area (Å²) in [6.07, 6.45) is -0.666. The maximum absolute atomic E-state index is 12.1. The van der Waals surface area contributed by atoms with Crippen LogP contribution in [-0.2, 0) is 14.3 Å². The zero-order valence-electron chi connectivity index (χ0n) is 12.6. The van der Waals surface area contributed by atoms with E-state index >= 15 is 0 Å². The summed E-state index contributed by atoms with van der Waals surface area (Å²) in [5.41, 5.74) is 0.751. The normalized spacial score (nSPS) is 17.0. The number of carboxylic acid groups (broad SMARTS) is 1. The van der Waals surface area contributed by atoms with Gasteiger partial charge >= 0.3 is 12.1 Å². The van der Waals surface area contributed by atoms with Gasteiger partial charge in [-0.15, -0.1) is 0 Å². The molecule has 0 radical (unpaired) electrons. The molecular formula is C16H21NO5. The first-order valence-corrected chi connectivity index (χ1v) is 7.46. The van der Waals surface area contributed by atoms with Gasteiger partial charge in [0.2, 0.25) is 0 Å². The van der Waals surface area contributed by atoms with Gasteiger partial charge in [-0.2, -0.15) is 0 Å². The largest absolute Gasteiger partial charge is 0.465 e. The molecule has 1 aromatic rings. The molecule has 6 heteroatoms. The summed E-state index contributed by atoms with van der Waals surface area (Å²) in [6, 6.07) is 9.22. The smallest absolute Gasteiger partial charge is 0.407 e. The second-order valence-corrected chi connectivity index (χ2v) is 5.15. The van der Waals surface area contributed by atoms with Crippen molar-refractivity contribution >= 4 is 12.1 Å². The lowest BCUT2D eigenvalue weighted by Crippen LogP contribution is -2.41. The molecule has 1 unspecified atom stereocenters. The molecule has 1 heterocycles. The number of amides is 1. The van der Waals surface area contributed by atoms with Crippen LogP contribution < -0.4 is 0 Å². The number of hydrogen-bond acceptors (Lipinski definition) is 4. The Morgan fingerprint density at radius 3 is 2.45 bits per heavy atom. The van der Waals surface area contributed by atoms with E-state index in [9.17, 15) is 9.59 Å². The second-order valence-electron chi connectivity index (χ2n) is 5.15. The fourth-order valence-electron chi connectivity index (χ4n) is 2.49. The molecule has 0 aliphatic carbocycles. The summed E-state index contributed by atoms with van der Waals surface area (Å²) in [6.45, 7) is 2.89. The summed E-state index contributed by atoms with van der Waals surface area (Å²) in [4.78, 5) is 24.4. The van der Waals surface area contributed by atoms with Gasteiger partial charge < -0.3 is 19.5 Å². The molecule has 1 aliphatic rings. The molecule has 1 atom stereocenters. The Hall–Kier alpha value is -2.08. The molecule has 1 amide bonds. The number of carbonyl (C=O) groups is 2. The van der Waals surface area contributed by atoms with Crippen LogP contribution in [0, 0.1) is 0 Å². The highest BCUT2D eigenvalue weighted by atomic mass is 16.6. The van der Waals surface area contributed by atoms with Crippen LogP contribution >= 0.6 is 0 Å². The highest BCUT2D eigenvalue weighted by Crippen LogP contribution is 2.25. The Labute approximate surface area is 129 Å². The van der Waals surface area contributed by atoms with Crippen molar-refractivity contribution in [1.82, 2.24) is 4.90 Å². The summed E-state index contributed by atoms with van der Waals surface area (Å²) in [7, 11) is 0. The number of likely N-dealkylation sites (tertiary alicyclic amines) is 1. The van der Waals surface area contributed by atoms with Gasteiger partial charge in [0.15, 0.2) is 6.10 Å². The van der Waals surface area contributed by atoms with Gasteiger partial charge in [-0.1, -0.05) is 30.3 Å². The first-order valence-electron chi connectivity index (χ1n) is 7.46. The minimum absolute atomic E-state index is 0.148. The van der Waals surface area contributed by atoms with E-state index in [4.69, 9.17) is 14.6 Å². The zero-order valence-corrected chi connectivity index (χ0v) is 12.6. The van der Waals surface area contributed by atoms with Crippen LogP contribution in [0.2, 0.25) is 0 Å². The van der Waals surface area contributed by atoms with Crippen LogP contribution in [0.15, 0.2) is 30.3 Å². The van der Waals surface area contributed by atoms with E-state index in [-0.39, 0.29) is 6.10 Å². The van der Waals surface area contributed by atoms with Gasteiger partial charge in [0.05, 0.1) is 12.7 Å². The van der Waals surface area contributed by atoms with Crippen molar-refractivity contribution in [2.45, 2.75) is 32.0 Å². The summed E-state index contributed by atoms with van der Waals surface area (Å²) in [5.74, 6) is -0.408. The van der Waals surface area contributed by atoms with Gasteiger partial charge in [-0.3, -0.25) is 0 Å². The van der Waals surface area contributed by atoms with Gasteiger partial charge in [-0.25, -0.2) is 9.59 Å². The van der Waals surface area contributed by atoms with Crippen molar-refractivity contribution in [2.24, 2.45) is 0 Å². The number of benzene rings is 1. The van der Waals surface area contributed by atoms with Crippen LogP contribution in [0.25, 0.3) is 0 Å². The Bertz CT molecular complexity index is 497. The molecule has 1 N–H and O–H groups in total. The van der Waals surface area contributed by atoms with E-state index in [2.05, 4.69) is 0 Å². The predicted molar refractivity (Wildman–Crippen MR) is 79.5 cm³/mol. The summed E-state index contributed by atoms with van der Waals surface area (Å²) >= 11 is 0. The maximum atomic E-state index is 12.1. The van der Waals surface area contributed by atoms with Crippen LogP contribution in [0.1, 0.15) is 31.4 Å². The van der Waals surface area contributed by atoms with Crippen molar-refractivity contribution in [3.8, 4) is 0 Å². The molecule has 1 fully saturated rings. The number of rotatable bonds is 5. The van der Waals surface area contributed by atoms with Gasteiger partial charge in [0.1, 0.15) is 0 Å². The van der Waals surface area contributed by atoms with E-state index in [0.717, 1.165) is 5.56 Å². The molecule has 120 valence electrons. The molecule has 0 aromatic heterocycles. The second kappa shape index (κ2) is 7.79. The van der Waals surface area contributed by atoms with E-state index in [1.807, 2.05) is 30.3 Å². The predicted octanol–water partition coefficient (Wildman–Crippen LogP) is 2.45. The van der Waals surface area contributed by atoms with Crippen LogP contribution in [0.3, 0.4) is 0 Å². The Morgan fingerprint density at radius 1 is 1.27 bits per heavy atom. The molecule has 1 saturated heterocycles. The quantitative estimate of drug-likeness (QED) is 0.846. The Kier molecular flexibility index (Phi) is 5.77. The lowest BCUT2D eigenvalue weighted by atomic mass is 10.1. The van der Waals surface area contributed by atoms with E-state index in [1.165, 1.54) is 4.90 Å². The molecule has 0 bridgehead atoms. The minimum atomic E-state index is -0.913.